The van der Waals surface area contributed by atoms with Gasteiger partial charge in [0.25, 0.3) is 11.6 Å². The van der Waals surface area contributed by atoms with E-state index in [9.17, 15) is 14.9 Å². The van der Waals surface area contributed by atoms with Gasteiger partial charge in [0.15, 0.2) is 0 Å². The molecule has 0 aromatic heterocycles. The molecular weight excluding hydrogens is 330 g/mol. The Morgan fingerprint density at radius 3 is 2.50 bits per heavy atom. The second-order valence-corrected chi connectivity index (χ2v) is 6.56. The van der Waals surface area contributed by atoms with Gasteiger partial charge in [-0.2, -0.15) is 5.10 Å². The highest BCUT2D eigenvalue weighted by molar-refractivity contribution is 5.96. The number of rotatable bonds is 4. The van der Waals surface area contributed by atoms with Crippen LogP contribution in [0.25, 0.3) is 0 Å². The molecule has 6 heteroatoms. The van der Waals surface area contributed by atoms with E-state index in [0.29, 0.717) is 11.5 Å². The molecule has 26 heavy (non-hydrogen) atoms. The molecule has 6 nitrogen and oxygen atoms in total. The van der Waals surface area contributed by atoms with E-state index in [0.717, 1.165) is 31.4 Å². The number of nitro groups is 1. The van der Waals surface area contributed by atoms with Gasteiger partial charge in [0.05, 0.1) is 4.92 Å². The van der Waals surface area contributed by atoms with Gasteiger partial charge >= 0.3 is 0 Å². The van der Waals surface area contributed by atoms with Gasteiger partial charge in [0, 0.05) is 22.9 Å². The number of hydrogen-bond donors (Lipinski definition) is 1. The molecular formula is C20H21N3O3. The summed E-state index contributed by atoms with van der Waals surface area (Å²) in [6, 6.07) is 14.9. The van der Waals surface area contributed by atoms with Crippen molar-refractivity contribution in [1.82, 2.24) is 5.43 Å². The zero-order valence-electron chi connectivity index (χ0n) is 14.6. The Morgan fingerprint density at radius 2 is 1.85 bits per heavy atom. The number of nitro benzene ring substituents is 1. The van der Waals surface area contributed by atoms with Crippen molar-refractivity contribution in [2.45, 2.75) is 38.5 Å². The van der Waals surface area contributed by atoms with Crippen molar-refractivity contribution in [2.75, 3.05) is 0 Å². The molecule has 134 valence electrons. The van der Waals surface area contributed by atoms with E-state index in [4.69, 9.17) is 0 Å². The minimum absolute atomic E-state index is 0.0614. The number of carbonyl (C=O) groups is 1. The molecule has 2 aromatic carbocycles. The maximum absolute atomic E-state index is 12.2. The second-order valence-electron chi connectivity index (χ2n) is 6.56. The quantitative estimate of drug-likeness (QED) is 0.656. The lowest BCUT2D eigenvalue weighted by atomic mass is 9.83. The fourth-order valence-corrected chi connectivity index (χ4v) is 3.26. The number of hydrazone groups is 1. The highest BCUT2D eigenvalue weighted by Gasteiger charge is 2.20. The average Bonchev–Trinajstić information content (AvgIpc) is 2.67. The van der Waals surface area contributed by atoms with Gasteiger partial charge in [-0.05, 0) is 50.2 Å². The molecule has 0 spiro atoms. The van der Waals surface area contributed by atoms with Crippen molar-refractivity contribution in [2.24, 2.45) is 5.10 Å². The minimum Gasteiger partial charge on any atom is -0.267 e. The lowest BCUT2D eigenvalue weighted by Crippen LogP contribution is -2.22. The number of hydrogen-bond acceptors (Lipinski definition) is 4. The summed E-state index contributed by atoms with van der Waals surface area (Å²) >= 11 is 0. The SMILES string of the molecule is Cc1ccc(C(=O)NN=C2CCC(c3ccccc3)CC2)cc1[N+](=O)[O-]. The standard InChI is InChI=1S/C20H21N3O3/c1-14-7-8-17(13-19(14)23(25)26)20(24)22-21-18-11-9-16(10-12-18)15-5-3-2-4-6-15/h2-8,13,16H,9-12H2,1H3,(H,22,24). The van der Waals surface area contributed by atoms with E-state index in [1.807, 2.05) is 6.07 Å². The summed E-state index contributed by atoms with van der Waals surface area (Å²) in [6.07, 6.45) is 3.70. The zero-order chi connectivity index (χ0) is 18.5. The third-order valence-corrected chi connectivity index (χ3v) is 4.82. The number of benzene rings is 2. The molecule has 1 fully saturated rings. The maximum Gasteiger partial charge on any atom is 0.273 e. The Balaban J connectivity index is 1.60. The van der Waals surface area contributed by atoms with E-state index >= 15 is 0 Å². The van der Waals surface area contributed by atoms with Gasteiger partial charge in [0.2, 0.25) is 0 Å². The number of nitrogens with one attached hydrogen (secondary N) is 1. The van der Waals surface area contributed by atoms with Crippen LogP contribution in [0.5, 0.6) is 0 Å². The minimum atomic E-state index is -0.483. The summed E-state index contributed by atoms with van der Waals surface area (Å²) in [5.41, 5.74) is 5.55. The average molecular weight is 351 g/mol. The summed E-state index contributed by atoms with van der Waals surface area (Å²) in [7, 11) is 0. The summed E-state index contributed by atoms with van der Waals surface area (Å²) < 4.78 is 0. The molecule has 0 radical (unpaired) electrons. The van der Waals surface area contributed by atoms with Crippen LogP contribution in [-0.2, 0) is 0 Å². The van der Waals surface area contributed by atoms with Crippen molar-refractivity contribution >= 4 is 17.3 Å². The first kappa shape index (κ1) is 17.8. The van der Waals surface area contributed by atoms with Crippen LogP contribution in [0, 0.1) is 17.0 Å². The maximum atomic E-state index is 12.2. The molecule has 0 unspecified atom stereocenters. The first-order valence-electron chi connectivity index (χ1n) is 8.70. The molecule has 2 aromatic rings. The van der Waals surface area contributed by atoms with E-state index in [-0.39, 0.29) is 11.3 Å². The van der Waals surface area contributed by atoms with Gasteiger partial charge in [-0.1, -0.05) is 36.4 Å². The fraction of sp³-hybridized carbons (Fsp3) is 0.300. The van der Waals surface area contributed by atoms with E-state index in [2.05, 4.69) is 34.8 Å². The highest BCUT2D eigenvalue weighted by Crippen LogP contribution is 2.31. The molecule has 0 heterocycles. The molecule has 1 N–H and O–H groups in total. The first-order chi connectivity index (χ1) is 12.5. The van der Waals surface area contributed by atoms with Crippen LogP contribution in [0.2, 0.25) is 0 Å². The Kier molecular flexibility index (Phi) is 5.41. The summed E-state index contributed by atoms with van der Waals surface area (Å²) in [5, 5.41) is 15.2. The predicted octanol–water partition coefficient (Wildman–Crippen LogP) is 4.35. The molecule has 0 aliphatic heterocycles. The summed E-state index contributed by atoms with van der Waals surface area (Å²) in [4.78, 5) is 22.7. The monoisotopic (exact) mass is 351 g/mol. The fourth-order valence-electron chi connectivity index (χ4n) is 3.26. The molecule has 1 aliphatic carbocycles. The van der Waals surface area contributed by atoms with Crippen molar-refractivity contribution in [1.29, 1.82) is 0 Å². The van der Waals surface area contributed by atoms with Crippen LogP contribution in [0.3, 0.4) is 0 Å². The normalized spacial score (nSPS) is 16.8. The topological polar surface area (TPSA) is 84.6 Å². The van der Waals surface area contributed by atoms with Gasteiger partial charge in [-0.3, -0.25) is 14.9 Å². The second kappa shape index (κ2) is 7.91. The van der Waals surface area contributed by atoms with E-state index < -0.39 is 10.8 Å². The zero-order valence-corrected chi connectivity index (χ0v) is 14.6. The molecule has 1 aliphatic rings. The van der Waals surface area contributed by atoms with Crippen LogP contribution >= 0.6 is 0 Å². The Labute approximate surface area is 152 Å². The lowest BCUT2D eigenvalue weighted by Gasteiger charge is -2.23. The Bertz CT molecular complexity index is 837. The lowest BCUT2D eigenvalue weighted by molar-refractivity contribution is -0.385. The Hall–Kier alpha value is -3.02. The van der Waals surface area contributed by atoms with E-state index in [1.165, 1.54) is 11.6 Å². The van der Waals surface area contributed by atoms with E-state index in [1.54, 1.807) is 19.1 Å². The molecule has 0 atom stereocenters. The largest absolute Gasteiger partial charge is 0.273 e. The third kappa shape index (κ3) is 4.14. The number of carbonyl (C=O) groups excluding carboxylic acids is 1. The molecule has 1 saturated carbocycles. The van der Waals surface area contributed by atoms with Crippen molar-refractivity contribution in [3.05, 3.63) is 75.3 Å². The first-order valence-corrected chi connectivity index (χ1v) is 8.70. The molecule has 1 amide bonds. The van der Waals surface area contributed by atoms with Crippen LogP contribution in [0.4, 0.5) is 5.69 Å². The van der Waals surface area contributed by atoms with Gasteiger partial charge in [0.1, 0.15) is 0 Å². The van der Waals surface area contributed by atoms with Crippen LogP contribution in [0.1, 0.15) is 53.1 Å². The Morgan fingerprint density at radius 1 is 1.15 bits per heavy atom. The van der Waals surface area contributed by atoms with Crippen molar-refractivity contribution in [3.8, 4) is 0 Å². The van der Waals surface area contributed by atoms with Crippen LogP contribution in [-0.4, -0.2) is 16.5 Å². The molecule has 3 rings (SSSR count). The molecule has 0 bridgehead atoms. The molecule has 0 saturated heterocycles. The van der Waals surface area contributed by atoms with Crippen molar-refractivity contribution < 1.29 is 9.72 Å². The smallest absolute Gasteiger partial charge is 0.267 e. The number of nitrogens with zero attached hydrogens (tertiary/aromatic N) is 2. The van der Waals surface area contributed by atoms with Gasteiger partial charge in [-0.25, -0.2) is 5.43 Å². The highest BCUT2D eigenvalue weighted by atomic mass is 16.6. The third-order valence-electron chi connectivity index (χ3n) is 4.82. The van der Waals surface area contributed by atoms with Crippen LogP contribution < -0.4 is 5.43 Å². The number of aryl methyl sites for hydroxylation is 1. The predicted molar refractivity (Wildman–Crippen MR) is 100 cm³/mol. The van der Waals surface area contributed by atoms with Crippen LogP contribution in [0.15, 0.2) is 53.6 Å². The van der Waals surface area contributed by atoms with Crippen molar-refractivity contribution in [3.63, 3.8) is 0 Å². The van der Waals surface area contributed by atoms with Gasteiger partial charge in [-0.15, -0.1) is 0 Å². The summed E-state index contributed by atoms with van der Waals surface area (Å²) in [6.45, 7) is 1.64. The van der Waals surface area contributed by atoms with Gasteiger partial charge < -0.3 is 0 Å². The summed E-state index contributed by atoms with van der Waals surface area (Å²) in [5.74, 6) is 0.108. The number of amides is 1.